The minimum atomic E-state index is 0.583. The van der Waals surface area contributed by atoms with Crippen LogP contribution in [0.2, 0.25) is 0 Å². The molecule has 0 fully saturated rings. The second-order valence-electron chi connectivity index (χ2n) is 3.23. The summed E-state index contributed by atoms with van der Waals surface area (Å²) < 4.78 is 0. The van der Waals surface area contributed by atoms with Crippen molar-refractivity contribution in [1.29, 1.82) is 0 Å². The molecule has 1 aromatic heterocycles. The summed E-state index contributed by atoms with van der Waals surface area (Å²) in [6.07, 6.45) is 4.25. The van der Waals surface area contributed by atoms with Crippen molar-refractivity contribution < 1.29 is 0 Å². The van der Waals surface area contributed by atoms with Gasteiger partial charge >= 0.3 is 0 Å². The van der Waals surface area contributed by atoms with Crippen LogP contribution in [0.5, 0.6) is 0 Å². The van der Waals surface area contributed by atoms with Gasteiger partial charge in [0.1, 0.15) is 0 Å². The number of allylic oxidation sites excluding steroid dienone is 1. The Morgan fingerprint density at radius 2 is 2.54 bits per heavy atom. The summed E-state index contributed by atoms with van der Waals surface area (Å²) in [5.41, 5.74) is 0. The zero-order chi connectivity index (χ0) is 9.52. The first-order chi connectivity index (χ1) is 6.33. The zero-order valence-corrected chi connectivity index (χ0v) is 8.94. The maximum absolute atomic E-state index is 3.72. The highest BCUT2D eigenvalue weighted by Crippen LogP contribution is 2.08. The third kappa shape index (κ3) is 4.25. The van der Waals surface area contributed by atoms with E-state index in [0.29, 0.717) is 6.04 Å². The van der Waals surface area contributed by atoms with Crippen LogP contribution in [0.4, 0.5) is 0 Å². The highest BCUT2D eigenvalue weighted by atomic mass is 32.1. The molecule has 0 radical (unpaired) electrons. The average molecular weight is 195 g/mol. The Kier molecular flexibility index (Phi) is 4.79. The van der Waals surface area contributed by atoms with Crippen LogP contribution in [0.3, 0.4) is 0 Å². The molecular formula is C11H17NS. The van der Waals surface area contributed by atoms with Gasteiger partial charge in [-0.15, -0.1) is 17.9 Å². The number of hydrogen-bond acceptors (Lipinski definition) is 2. The number of nitrogens with one attached hydrogen (secondary N) is 1. The van der Waals surface area contributed by atoms with Gasteiger partial charge in [-0.2, -0.15) is 0 Å². The van der Waals surface area contributed by atoms with Gasteiger partial charge in [0.15, 0.2) is 0 Å². The maximum Gasteiger partial charge on any atom is 0.0302 e. The van der Waals surface area contributed by atoms with Gasteiger partial charge in [0, 0.05) is 17.5 Å². The van der Waals surface area contributed by atoms with Gasteiger partial charge in [0.05, 0.1) is 0 Å². The molecule has 72 valence electrons. The fraction of sp³-hybridized carbons (Fsp3) is 0.455. The smallest absolute Gasteiger partial charge is 0.0302 e. The standard InChI is InChI=1S/C11H17NS/c1-3-4-6-10(2)12-9-11-7-5-8-13-11/h3,5,7-8,10,12H,1,4,6,9H2,2H3. The summed E-state index contributed by atoms with van der Waals surface area (Å²) in [5, 5.41) is 5.60. The Bertz CT molecular complexity index is 228. The van der Waals surface area contributed by atoms with Crippen molar-refractivity contribution in [3.05, 3.63) is 35.0 Å². The highest BCUT2D eigenvalue weighted by molar-refractivity contribution is 7.09. The number of thiophene rings is 1. The van der Waals surface area contributed by atoms with Crippen LogP contribution >= 0.6 is 11.3 Å². The van der Waals surface area contributed by atoms with Gasteiger partial charge in [-0.1, -0.05) is 12.1 Å². The molecule has 0 aromatic carbocycles. The predicted octanol–water partition coefficient (Wildman–Crippen LogP) is 3.19. The van der Waals surface area contributed by atoms with E-state index in [9.17, 15) is 0 Å². The number of rotatable bonds is 6. The van der Waals surface area contributed by atoms with Crippen LogP contribution in [-0.2, 0) is 6.54 Å². The molecule has 1 N–H and O–H groups in total. The van der Waals surface area contributed by atoms with E-state index in [1.54, 1.807) is 11.3 Å². The molecule has 1 rings (SSSR count). The molecule has 0 aliphatic carbocycles. The summed E-state index contributed by atoms with van der Waals surface area (Å²) in [7, 11) is 0. The van der Waals surface area contributed by atoms with Gasteiger partial charge in [0.2, 0.25) is 0 Å². The molecule has 0 bridgehead atoms. The monoisotopic (exact) mass is 195 g/mol. The van der Waals surface area contributed by atoms with Crippen molar-refractivity contribution in [3.8, 4) is 0 Å². The van der Waals surface area contributed by atoms with Gasteiger partial charge in [-0.05, 0) is 31.2 Å². The molecule has 13 heavy (non-hydrogen) atoms. The van der Waals surface area contributed by atoms with Crippen LogP contribution in [0, 0.1) is 0 Å². The van der Waals surface area contributed by atoms with E-state index in [0.717, 1.165) is 13.0 Å². The molecule has 0 aliphatic rings. The van der Waals surface area contributed by atoms with E-state index >= 15 is 0 Å². The van der Waals surface area contributed by atoms with Crippen molar-refractivity contribution in [2.24, 2.45) is 0 Å². The SMILES string of the molecule is C=CCCC(C)NCc1cccs1. The van der Waals surface area contributed by atoms with Crippen LogP contribution < -0.4 is 5.32 Å². The molecule has 0 amide bonds. The quantitative estimate of drug-likeness (QED) is 0.687. The van der Waals surface area contributed by atoms with Crippen molar-refractivity contribution in [3.63, 3.8) is 0 Å². The van der Waals surface area contributed by atoms with E-state index in [1.165, 1.54) is 11.3 Å². The molecule has 1 heterocycles. The lowest BCUT2D eigenvalue weighted by atomic mass is 10.2. The summed E-state index contributed by atoms with van der Waals surface area (Å²) >= 11 is 1.81. The topological polar surface area (TPSA) is 12.0 Å². The molecule has 1 atom stereocenters. The molecule has 0 saturated carbocycles. The van der Waals surface area contributed by atoms with Gasteiger partial charge < -0.3 is 5.32 Å². The highest BCUT2D eigenvalue weighted by Gasteiger charge is 1.99. The molecule has 0 spiro atoms. The Morgan fingerprint density at radius 1 is 1.69 bits per heavy atom. The van der Waals surface area contributed by atoms with Gasteiger partial charge in [0.25, 0.3) is 0 Å². The van der Waals surface area contributed by atoms with Crippen molar-refractivity contribution in [1.82, 2.24) is 5.32 Å². The summed E-state index contributed by atoms with van der Waals surface area (Å²) in [6, 6.07) is 4.84. The van der Waals surface area contributed by atoms with E-state index in [1.807, 2.05) is 6.08 Å². The second-order valence-corrected chi connectivity index (χ2v) is 4.26. The van der Waals surface area contributed by atoms with E-state index < -0.39 is 0 Å². The second kappa shape index (κ2) is 5.95. The first-order valence-electron chi connectivity index (χ1n) is 4.69. The molecule has 0 aliphatic heterocycles. The summed E-state index contributed by atoms with van der Waals surface area (Å²) in [6.45, 7) is 6.93. The Morgan fingerprint density at radius 3 is 3.15 bits per heavy atom. The summed E-state index contributed by atoms with van der Waals surface area (Å²) in [4.78, 5) is 1.41. The van der Waals surface area contributed by atoms with Crippen LogP contribution in [0.1, 0.15) is 24.6 Å². The van der Waals surface area contributed by atoms with E-state index in [4.69, 9.17) is 0 Å². The van der Waals surface area contributed by atoms with Gasteiger partial charge in [-0.25, -0.2) is 0 Å². The van der Waals surface area contributed by atoms with Crippen molar-refractivity contribution in [2.75, 3.05) is 0 Å². The normalized spacial score (nSPS) is 12.7. The third-order valence-electron chi connectivity index (χ3n) is 2.01. The fourth-order valence-electron chi connectivity index (χ4n) is 1.16. The van der Waals surface area contributed by atoms with Crippen molar-refractivity contribution >= 4 is 11.3 Å². The first-order valence-corrected chi connectivity index (χ1v) is 5.57. The Labute approximate surface area is 84.5 Å². The Balaban J connectivity index is 2.15. The lowest BCUT2D eigenvalue weighted by Gasteiger charge is -2.11. The van der Waals surface area contributed by atoms with E-state index in [-0.39, 0.29) is 0 Å². The van der Waals surface area contributed by atoms with Crippen LogP contribution in [0.25, 0.3) is 0 Å². The molecular weight excluding hydrogens is 178 g/mol. The molecule has 2 heteroatoms. The zero-order valence-electron chi connectivity index (χ0n) is 8.12. The maximum atomic E-state index is 3.72. The van der Waals surface area contributed by atoms with Crippen LogP contribution in [0.15, 0.2) is 30.2 Å². The third-order valence-corrected chi connectivity index (χ3v) is 2.89. The molecule has 1 aromatic rings. The Hall–Kier alpha value is -0.600. The molecule has 1 unspecified atom stereocenters. The largest absolute Gasteiger partial charge is 0.309 e. The summed E-state index contributed by atoms with van der Waals surface area (Å²) in [5.74, 6) is 0. The predicted molar refractivity (Wildman–Crippen MR) is 60.1 cm³/mol. The lowest BCUT2D eigenvalue weighted by molar-refractivity contribution is 0.521. The fourth-order valence-corrected chi connectivity index (χ4v) is 1.81. The minimum Gasteiger partial charge on any atom is -0.309 e. The minimum absolute atomic E-state index is 0.583. The van der Waals surface area contributed by atoms with Crippen molar-refractivity contribution in [2.45, 2.75) is 32.4 Å². The number of hydrogen-bond donors (Lipinski definition) is 1. The first kappa shape index (κ1) is 10.5. The van der Waals surface area contributed by atoms with Gasteiger partial charge in [-0.3, -0.25) is 0 Å². The molecule has 1 nitrogen and oxygen atoms in total. The molecule has 0 saturated heterocycles. The van der Waals surface area contributed by atoms with Crippen LogP contribution in [-0.4, -0.2) is 6.04 Å². The average Bonchev–Trinajstić information content (AvgIpc) is 2.64. The van der Waals surface area contributed by atoms with E-state index in [2.05, 4.69) is 36.3 Å². The lowest BCUT2D eigenvalue weighted by Crippen LogP contribution is -2.24.